The van der Waals surface area contributed by atoms with Gasteiger partial charge in [0, 0.05) is 20.2 Å². The van der Waals surface area contributed by atoms with Crippen LogP contribution in [0.2, 0.25) is 5.02 Å². The molecule has 0 atom stereocenters. The summed E-state index contributed by atoms with van der Waals surface area (Å²) in [5.41, 5.74) is 1.10. The Balaban J connectivity index is 0.000000688. The van der Waals surface area contributed by atoms with Crippen LogP contribution in [0.3, 0.4) is 0 Å². The third kappa shape index (κ3) is 10.1. The number of ether oxygens (including phenoxy) is 2. The van der Waals surface area contributed by atoms with E-state index in [2.05, 4.69) is 21.2 Å². The van der Waals surface area contributed by atoms with Gasteiger partial charge in [-0.2, -0.15) is 0 Å². The number of hydrogen-bond acceptors (Lipinski definition) is 5. The number of aryl methyl sites for hydroxylation is 1. The van der Waals surface area contributed by atoms with Gasteiger partial charge in [0.05, 0.1) is 16.1 Å². The lowest BCUT2D eigenvalue weighted by molar-refractivity contribution is -0.159. The number of halogens is 2. The molecule has 0 unspecified atom stereocenters. The van der Waals surface area contributed by atoms with Crippen molar-refractivity contribution in [3.63, 3.8) is 0 Å². The lowest BCUT2D eigenvalue weighted by atomic mass is 10.2. The van der Waals surface area contributed by atoms with Crippen molar-refractivity contribution >= 4 is 39.5 Å². The van der Waals surface area contributed by atoms with Gasteiger partial charge in [-0.1, -0.05) is 11.6 Å². The molecule has 1 aromatic rings. The van der Waals surface area contributed by atoms with Crippen molar-refractivity contribution < 1.29 is 29.3 Å². The van der Waals surface area contributed by atoms with Crippen LogP contribution in [0.1, 0.15) is 5.56 Å². The van der Waals surface area contributed by atoms with Crippen molar-refractivity contribution in [2.24, 2.45) is 0 Å². The summed E-state index contributed by atoms with van der Waals surface area (Å²) in [6.07, 6.45) is 0. The number of carboxylic acids is 2. The van der Waals surface area contributed by atoms with Gasteiger partial charge < -0.3 is 25.0 Å². The Morgan fingerprint density at radius 1 is 1.22 bits per heavy atom. The number of nitrogens with one attached hydrogen (secondary N) is 1. The second-order valence-electron chi connectivity index (χ2n) is 4.26. The summed E-state index contributed by atoms with van der Waals surface area (Å²) < 4.78 is 11.4. The van der Waals surface area contributed by atoms with Crippen molar-refractivity contribution in [1.29, 1.82) is 0 Å². The standard InChI is InChI=1S/C12H17BrClNO2.C2H2O4/c1-9-7-10(13)12(11(14)8-9)17-6-4-15-3-5-16-2;3-1(4)2(5)6/h7-8,15H,3-6H2,1-2H3;(H,3,4)(H,5,6). The molecule has 3 N–H and O–H groups in total. The van der Waals surface area contributed by atoms with E-state index in [9.17, 15) is 0 Å². The van der Waals surface area contributed by atoms with Gasteiger partial charge in [0.15, 0.2) is 5.75 Å². The summed E-state index contributed by atoms with van der Waals surface area (Å²) in [5.74, 6) is -2.95. The SMILES string of the molecule is COCCNCCOc1c(Cl)cc(C)cc1Br.O=C(O)C(=O)O. The minimum absolute atomic E-state index is 0.574. The van der Waals surface area contributed by atoms with E-state index in [1.54, 1.807) is 7.11 Å². The first-order valence-electron chi connectivity index (χ1n) is 6.53. The average Bonchev–Trinajstić information content (AvgIpc) is 2.45. The van der Waals surface area contributed by atoms with Crippen LogP contribution >= 0.6 is 27.5 Å². The lowest BCUT2D eigenvalue weighted by Gasteiger charge is -2.11. The smallest absolute Gasteiger partial charge is 0.414 e. The van der Waals surface area contributed by atoms with Crippen molar-refractivity contribution in [3.05, 3.63) is 27.2 Å². The molecule has 1 rings (SSSR count). The summed E-state index contributed by atoms with van der Waals surface area (Å²) in [6, 6.07) is 3.87. The van der Waals surface area contributed by atoms with E-state index in [1.165, 1.54) is 0 Å². The van der Waals surface area contributed by atoms with Crippen LogP contribution in [-0.4, -0.2) is 55.6 Å². The quantitative estimate of drug-likeness (QED) is 0.465. The molecule has 0 aromatic heterocycles. The van der Waals surface area contributed by atoms with Crippen molar-refractivity contribution in [1.82, 2.24) is 5.32 Å². The Morgan fingerprint density at radius 3 is 2.26 bits per heavy atom. The number of methoxy groups -OCH3 is 1. The van der Waals surface area contributed by atoms with Gasteiger partial charge in [0.25, 0.3) is 0 Å². The number of aliphatic carboxylic acids is 2. The molecule has 0 bridgehead atoms. The first-order valence-corrected chi connectivity index (χ1v) is 7.71. The predicted molar refractivity (Wildman–Crippen MR) is 89.4 cm³/mol. The van der Waals surface area contributed by atoms with Crippen LogP contribution in [0.15, 0.2) is 16.6 Å². The Bertz CT molecular complexity index is 491. The highest BCUT2D eigenvalue weighted by molar-refractivity contribution is 9.10. The molecular weight excluding hydrogens is 394 g/mol. The van der Waals surface area contributed by atoms with Crippen LogP contribution < -0.4 is 10.1 Å². The Morgan fingerprint density at radius 2 is 1.78 bits per heavy atom. The van der Waals surface area contributed by atoms with Crippen LogP contribution in [0.4, 0.5) is 0 Å². The van der Waals surface area contributed by atoms with Crippen molar-refractivity contribution in [3.8, 4) is 5.75 Å². The second-order valence-corrected chi connectivity index (χ2v) is 5.52. The molecule has 0 spiro atoms. The van der Waals surface area contributed by atoms with Crippen LogP contribution in [0.5, 0.6) is 5.75 Å². The van der Waals surface area contributed by atoms with Gasteiger partial charge in [-0.15, -0.1) is 0 Å². The van der Waals surface area contributed by atoms with E-state index in [4.69, 9.17) is 40.9 Å². The molecule has 0 saturated heterocycles. The fourth-order valence-electron chi connectivity index (χ4n) is 1.35. The highest BCUT2D eigenvalue weighted by Gasteiger charge is 2.07. The maximum absolute atomic E-state index is 9.10. The van der Waals surface area contributed by atoms with Crippen LogP contribution in [-0.2, 0) is 14.3 Å². The van der Waals surface area contributed by atoms with Gasteiger partial charge in [0.2, 0.25) is 0 Å². The van der Waals surface area contributed by atoms with Crippen molar-refractivity contribution in [2.45, 2.75) is 6.92 Å². The monoisotopic (exact) mass is 411 g/mol. The molecule has 130 valence electrons. The fourth-order valence-corrected chi connectivity index (χ4v) is 2.48. The van der Waals surface area contributed by atoms with E-state index in [1.807, 2.05) is 19.1 Å². The molecule has 0 fully saturated rings. The van der Waals surface area contributed by atoms with E-state index in [0.717, 1.165) is 23.1 Å². The summed E-state index contributed by atoms with van der Waals surface area (Å²) >= 11 is 9.54. The molecule has 0 aliphatic carbocycles. The Hall–Kier alpha value is -1.35. The maximum atomic E-state index is 9.10. The Labute approximate surface area is 147 Å². The molecule has 0 aliphatic heterocycles. The molecule has 9 heteroatoms. The zero-order chi connectivity index (χ0) is 17.8. The number of carboxylic acid groups (broad SMARTS) is 2. The molecule has 1 aromatic carbocycles. The summed E-state index contributed by atoms with van der Waals surface area (Å²) in [5, 5.41) is 18.6. The van der Waals surface area contributed by atoms with E-state index in [0.29, 0.717) is 24.0 Å². The first-order chi connectivity index (χ1) is 10.8. The topological polar surface area (TPSA) is 105 Å². The van der Waals surface area contributed by atoms with Crippen LogP contribution in [0, 0.1) is 6.92 Å². The van der Waals surface area contributed by atoms with E-state index >= 15 is 0 Å². The van der Waals surface area contributed by atoms with Gasteiger partial charge in [-0.25, -0.2) is 9.59 Å². The molecule has 0 saturated carbocycles. The number of carbonyl (C=O) groups is 2. The molecule has 0 amide bonds. The summed E-state index contributed by atoms with van der Waals surface area (Å²) in [6.45, 7) is 4.86. The normalized spacial score (nSPS) is 9.74. The lowest BCUT2D eigenvalue weighted by Crippen LogP contribution is -2.24. The predicted octanol–water partition coefficient (Wildman–Crippen LogP) is 2.18. The van der Waals surface area contributed by atoms with Gasteiger partial charge in [-0.05, 0) is 40.5 Å². The molecule has 0 aliphatic rings. The molecule has 0 heterocycles. The fraction of sp³-hybridized carbons (Fsp3) is 0.429. The van der Waals surface area contributed by atoms with Crippen molar-refractivity contribution in [2.75, 3.05) is 33.4 Å². The number of benzene rings is 1. The van der Waals surface area contributed by atoms with Gasteiger partial charge >= 0.3 is 11.9 Å². The minimum atomic E-state index is -1.82. The third-order valence-electron chi connectivity index (χ3n) is 2.33. The number of rotatable bonds is 7. The second kappa shape index (κ2) is 12.1. The minimum Gasteiger partial charge on any atom is -0.490 e. The zero-order valence-electron chi connectivity index (χ0n) is 12.8. The summed E-state index contributed by atoms with van der Waals surface area (Å²) in [7, 11) is 1.68. The Kier molecular flexibility index (Phi) is 11.4. The first kappa shape index (κ1) is 21.6. The zero-order valence-corrected chi connectivity index (χ0v) is 15.1. The highest BCUT2D eigenvalue weighted by Crippen LogP contribution is 2.34. The van der Waals surface area contributed by atoms with Gasteiger partial charge in [0.1, 0.15) is 6.61 Å². The highest BCUT2D eigenvalue weighted by atomic mass is 79.9. The number of hydrogen-bond donors (Lipinski definition) is 3. The largest absolute Gasteiger partial charge is 0.490 e. The average molecular weight is 413 g/mol. The summed E-state index contributed by atoms with van der Waals surface area (Å²) in [4.78, 5) is 18.2. The van der Waals surface area contributed by atoms with E-state index in [-0.39, 0.29) is 0 Å². The van der Waals surface area contributed by atoms with E-state index < -0.39 is 11.9 Å². The van der Waals surface area contributed by atoms with Gasteiger partial charge in [-0.3, -0.25) is 0 Å². The molecular formula is C14H19BrClNO6. The molecule has 0 radical (unpaired) electrons. The molecule has 23 heavy (non-hydrogen) atoms. The maximum Gasteiger partial charge on any atom is 0.414 e. The third-order valence-corrected chi connectivity index (χ3v) is 3.20. The molecule has 7 nitrogen and oxygen atoms in total. The van der Waals surface area contributed by atoms with Crippen LogP contribution in [0.25, 0.3) is 0 Å².